The second-order valence-electron chi connectivity index (χ2n) is 4.97. The molecule has 0 aromatic heterocycles. The highest BCUT2D eigenvalue weighted by Crippen LogP contribution is 2.30. The van der Waals surface area contributed by atoms with Crippen molar-refractivity contribution < 1.29 is 18.3 Å². The lowest BCUT2D eigenvalue weighted by Gasteiger charge is -2.25. The van der Waals surface area contributed by atoms with Gasteiger partial charge in [0.05, 0.1) is 5.75 Å². The molecule has 0 bridgehead atoms. The van der Waals surface area contributed by atoms with Crippen LogP contribution >= 0.6 is 0 Å². The summed E-state index contributed by atoms with van der Waals surface area (Å²) in [6, 6.07) is 0.0536. The van der Waals surface area contributed by atoms with E-state index in [1.54, 1.807) is 0 Å². The van der Waals surface area contributed by atoms with Crippen molar-refractivity contribution >= 4 is 15.8 Å². The van der Waals surface area contributed by atoms with E-state index >= 15 is 0 Å². The molecule has 0 spiro atoms. The summed E-state index contributed by atoms with van der Waals surface area (Å²) in [5.41, 5.74) is 4.62. The first kappa shape index (κ1) is 14.4. The number of carboxylic acid groups (broad SMARTS) is 1. The number of sulfone groups is 1. The minimum absolute atomic E-state index is 0.0536. The minimum Gasteiger partial charge on any atom is -0.480 e. The molecule has 0 saturated heterocycles. The molecule has 1 aliphatic carbocycles. The van der Waals surface area contributed by atoms with E-state index in [2.05, 4.69) is 0 Å². The Kier molecular flexibility index (Phi) is 4.16. The largest absolute Gasteiger partial charge is 0.480 e. The van der Waals surface area contributed by atoms with Crippen molar-refractivity contribution in [2.75, 3.05) is 25.6 Å². The number of carbonyl (C=O) groups is 1. The highest BCUT2D eigenvalue weighted by atomic mass is 32.2. The standard InChI is InChI=1S/C10H20N2O4S/c1-12(5-6-17(2,15)16)8-3-4-10(11,7-8)9(13)14/h8H,3-7,11H2,1-2H3,(H,13,14). The Labute approximate surface area is 102 Å². The van der Waals surface area contributed by atoms with Gasteiger partial charge in [0.2, 0.25) is 0 Å². The quantitative estimate of drug-likeness (QED) is 0.681. The van der Waals surface area contributed by atoms with Gasteiger partial charge in [-0.25, -0.2) is 8.42 Å². The Hall–Kier alpha value is -0.660. The molecule has 2 unspecified atom stereocenters. The van der Waals surface area contributed by atoms with Gasteiger partial charge >= 0.3 is 5.97 Å². The fraction of sp³-hybridized carbons (Fsp3) is 0.900. The van der Waals surface area contributed by atoms with E-state index in [4.69, 9.17) is 10.8 Å². The molecular formula is C10H20N2O4S. The van der Waals surface area contributed by atoms with Crippen molar-refractivity contribution in [3.8, 4) is 0 Å². The van der Waals surface area contributed by atoms with Gasteiger partial charge < -0.3 is 15.7 Å². The molecule has 17 heavy (non-hydrogen) atoms. The van der Waals surface area contributed by atoms with Gasteiger partial charge in [0.25, 0.3) is 0 Å². The number of hydrogen-bond acceptors (Lipinski definition) is 5. The number of aliphatic carboxylic acids is 1. The van der Waals surface area contributed by atoms with Crippen molar-refractivity contribution in [2.24, 2.45) is 5.73 Å². The average Bonchev–Trinajstić information content (AvgIpc) is 2.58. The van der Waals surface area contributed by atoms with Gasteiger partial charge in [-0.1, -0.05) is 0 Å². The van der Waals surface area contributed by atoms with Gasteiger partial charge in [0.15, 0.2) is 0 Å². The monoisotopic (exact) mass is 264 g/mol. The van der Waals surface area contributed by atoms with Crippen molar-refractivity contribution in [2.45, 2.75) is 30.8 Å². The van der Waals surface area contributed by atoms with Crippen LogP contribution < -0.4 is 5.73 Å². The number of nitrogens with two attached hydrogens (primary N) is 1. The maximum atomic E-state index is 11.0. The first-order valence-electron chi connectivity index (χ1n) is 5.54. The normalized spacial score (nSPS) is 29.8. The van der Waals surface area contributed by atoms with Gasteiger partial charge in [-0.3, -0.25) is 4.79 Å². The maximum Gasteiger partial charge on any atom is 0.323 e. The van der Waals surface area contributed by atoms with E-state index in [9.17, 15) is 13.2 Å². The molecule has 0 radical (unpaired) electrons. The smallest absolute Gasteiger partial charge is 0.323 e. The van der Waals surface area contributed by atoms with Crippen LogP contribution in [0.5, 0.6) is 0 Å². The molecule has 3 N–H and O–H groups in total. The Morgan fingerprint density at radius 2 is 2.18 bits per heavy atom. The third kappa shape index (κ3) is 3.93. The molecule has 1 aliphatic rings. The van der Waals surface area contributed by atoms with Crippen molar-refractivity contribution in [1.82, 2.24) is 4.90 Å². The van der Waals surface area contributed by atoms with Crippen LogP contribution in [0.15, 0.2) is 0 Å². The van der Waals surface area contributed by atoms with Gasteiger partial charge in [-0.2, -0.15) is 0 Å². The van der Waals surface area contributed by atoms with Crippen LogP contribution in [0, 0.1) is 0 Å². The minimum atomic E-state index is -2.98. The molecule has 6 nitrogen and oxygen atoms in total. The molecule has 0 aromatic rings. The molecule has 0 aromatic carbocycles. The van der Waals surface area contributed by atoms with Crippen molar-refractivity contribution in [1.29, 1.82) is 0 Å². The summed E-state index contributed by atoms with van der Waals surface area (Å²) >= 11 is 0. The Balaban J connectivity index is 2.51. The van der Waals surface area contributed by atoms with Gasteiger partial charge in [-0.05, 0) is 26.3 Å². The first-order chi connectivity index (χ1) is 7.64. The van der Waals surface area contributed by atoms with Gasteiger partial charge in [-0.15, -0.1) is 0 Å². The molecule has 0 aliphatic heterocycles. The second-order valence-corrected chi connectivity index (χ2v) is 7.23. The van der Waals surface area contributed by atoms with E-state index in [1.165, 1.54) is 6.26 Å². The van der Waals surface area contributed by atoms with Crippen LogP contribution in [0.25, 0.3) is 0 Å². The van der Waals surface area contributed by atoms with Crippen LogP contribution in [-0.2, 0) is 14.6 Å². The number of rotatable bonds is 5. The van der Waals surface area contributed by atoms with E-state index < -0.39 is 21.3 Å². The van der Waals surface area contributed by atoms with Crippen LogP contribution in [0.2, 0.25) is 0 Å². The zero-order valence-corrected chi connectivity index (χ0v) is 11.0. The highest BCUT2D eigenvalue weighted by Gasteiger charge is 2.43. The molecular weight excluding hydrogens is 244 g/mol. The van der Waals surface area contributed by atoms with Crippen LogP contribution in [-0.4, -0.2) is 61.6 Å². The molecule has 7 heteroatoms. The van der Waals surface area contributed by atoms with E-state index in [-0.39, 0.29) is 11.8 Å². The Bertz CT molecular complexity index is 395. The Morgan fingerprint density at radius 1 is 1.59 bits per heavy atom. The molecule has 100 valence electrons. The predicted octanol–water partition coefficient (Wildman–Crippen LogP) is -0.703. The molecule has 2 atom stereocenters. The molecule has 1 fully saturated rings. The van der Waals surface area contributed by atoms with Crippen LogP contribution in [0.1, 0.15) is 19.3 Å². The fourth-order valence-corrected chi connectivity index (χ4v) is 2.73. The van der Waals surface area contributed by atoms with E-state index in [0.717, 1.165) is 0 Å². The lowest BCUT2D eigenvalue weighted by atomic mass is 9.99. The lowest BCUT2D eigenvalue weighted by Crippen LogP contribution is -2.47. The average molecular weight is 264 g/mol. The summed E-state index contributed by atoms with van der Waals surface area (Å²) in [5, 5.41) is 8.99. The molecule has 0 heterocycles. The molecule has 0 amide bonds. The summed E-state index contributed by atoms with van der Waals surface area (Å²) in [7, 11) is -1.17. The summed E-state index contributed by atoms with van der Waals surface area (Å²) in [5.74, 6) is -0.888. The van der Waals surface area contributed by atoms with E-state index in [0.29, 0.717) is 25.8 Å². The number of hydrogen-bond donors (Lipinski definition) is 2. The first-order valence-corrected chi connectivity index (χ1v) is 7.60. The maximum absolute atomic E-state index is 11.0. The lowest BCUT2D eigenvalue weighted by molar-refractivity contribution is -0.143. The zero-order chi connectivity index (χ0) is 13.3. The molecule has 1 rings (SSSR count). The van der Waals surface area contributed by atoms with E-state index in [1.807, 2.05) is 11.9 Å². The van der Waals surface area contributed by atoms with Gasteiger partial charge in [0.1, 0.15) is 15.4 Å². The topological polar surface area (TPSA) is 101 Å². The summed E-state index contributed by atoms with van der Waals surface area (Å²) in [6.45, 7) is 0.416. The highest BCUT2D eigenvalue weighted by molar-refractivity contribution is 7.90. The molecule has 1 saturated carbocycles. The number of carboxylic acids is 1. The summed E-state index contributed by atoms with van der Waals surface area (Å²) in [4.78, 5) is 12.9. The SMILES string of the molecule is CN(CCS(C)(=O)=O)C1CCC(N)(C(=O)O)C1. The third-order valence-electron chi connectivity index (χ3n) is 3.39. The predicted molar refractivity (Wildman–Crippen MR) is 64.5 cm³/mol. The zero-order valence-electron chi connectivity index (χ0n) is 10.2. The van der Waals surface area contributed by atoms with Crippen LogP contribution in [0.4, 0.5) is 0 Å². The Morgan fingerprint density at radius 3 is 2.59 bits per heavy atom. The second kappa shape index (κ2) is 4.91. The van der Waals surface area contributed by atoms with Gasteiger partial charge in [0, 0.05) is 18.8 Å². The van der Waals surface area contributed by atoms with Crippen molar-refractivity contribution in [3.05, 3.63) is 0 Å². The summed E-state index contributed by atoms with van der Waals surface area (Å²) < 4.78 is 22.1. The van der Waals surface area contributed by atoms with Crippen molar-refractivity contribution in [3.63, 3.8) is 0 Å². The number of nitrogens with zero attached hydrogens (tertiary/aromatic N) is 1. The van der Waals surface area contributed by atoms with Crippen LogP contribution in [0.3, 0.4) is 0 Å². The summed E-state index contributed by atoms with van der Waals surface area (Å²) in [6.07, 6.45) is 2.71. The fourth-order valence-electron chi connectivity index (χ4n) is 2.11. The third-order valence-corrected chi connectivity index (χ3v) is 4.31.